The molecule has 21 heavy (non-hydrogen) atoms. The summed E-state index contributed by atoms with van der Waals surface area (Å²) in [5.74, 6) is -1.60. The fourth-order valence-corrected chi connectivity index (χ4v) is 2.11. The number of anilines is 2. The predicted octanol–water partition coefficient (Wildman–Crippen LogP) is 3.33. The number of para-hydroxylation sites is 1. The SMILES string of the molecule is Nc1ccc(Br)c(C(=O)Nc2c(F)cccc2[N+](=O)[O-])c1. The van der Waals surface area contributed by atoms with Gasteiger partial charge in [0.2, 0.25) is 0 Å². The van der Waals surface area contributed by atoms with E-state index in [4.69, 9.17) is 5.73 Å². The Kier molecular flexibility index (Phi) is 4.18. The molecule has 0 aliphatic heterocycles. The summed E-state index contributed by atoms with van der Waals surface area (Å²) >= 11 is 3.17. The van der Waals surface area contributed by atoms with Gasteiger partial charge in [-0.1, -0.05) is 6.07 Å². The smallest absolute Gasteiger partial charge is 0.295 e. The van der Waals surface area contributed by atoms with Gasteiger partial charge in [0, 0.05) is 16.2 Å². The summed E-state index contributed by atoms with van der Waals surface area (Å²) in [6, 6.07) is 7.84. The standard InChI is InChI=1S/C13H9BrFN3O3/c14-9-5-4-7(16)6-8(9)13(19)17-12-10(15)2-1-3-11(12)18(20)21/h1-6H,16H2,(H,17,19). The molecule has 0 aromatic heterocycles. The maximum absolute atomic E-state index is 13.7. The van der Waals surface area contributed by atoms with Crippen molar-refractivity contribution < 1.29 is 14.1 Å². The van der Waals surface area contributed by atoms with Crippen LogP contribution in [0.4, 0.5) is 21.5 Å². The molecule has 108 valence electrons. The Bertz CT molecular complexity index is 737. The molecule has 2 aromatic carbocycles. The number of nitrogens with one attached hydrogen (secondary N) is 1. The highest BCUT2D eigenvalue weighted by molar-refractivity contribution is 9.10. The first-order valence-corrected chi connectivity index (χ1v) is 6.48. The highest BCUT2D eigenvalue weighted by atomic mass is 79.9. The zero-order valence-corrected chi connectivity index (χ0v) is 12.1. The van der Waals surface area contributed by atoms with Gasteiger partial charge in [0.05, 0.1) is 10.5 Å². The number of halogens is 2. The van der Waals surface area contributed by atoms with E-state index >= 15 is 0 Å². The lowest BCUT2D eigenvalue weighted by molar-refractivity contribution is -0.384. The first-order valence-electron chi connectivity index (χ1n) is 5.69. The zero-order chi connectivity index (χ0) is 15.6. The second-order valence-corrected chi connectivity index (χ2v) is 4.94. The fraction of sp³-hybridized carbons (Fsp3) is 0. The quantitative estimate of drug-likeness (QED) is 0.502. The summed E-state index contributed by atoms with van der Waals surface area (Å²) in [6.07, 6.45) is 0. The van der Waals surface area contributed by atoms with Crippen molar-refractivity contribution in [2.75, 3.05) is 11.1 Å². The topological polar surface area (TPSA) is 98.3 Å². The van der Waals surface area contributed by atoms with Crippen molar-refractivity contribution >= 4 is 38.9 Å². The molecule has 2 aromatic rings. The number of carbonyl (C=O) groups excluding carboxylic acids is 1. The number of nitro groups is 1. The van der Waals surface area contributed by atoms with Gasteiger partial charge in [-0.3, -0.25) is 14.9 Å². The van der Waals surface area contributed by atoms with E-state index < -0.39 is 28.0 Å². The molecule has 0 saturated heterocycles. The van der Waals surface area contributed by atoms with Crippen LogP contribution in [0.1, 0.15) is 10.4 Å². The van der Waals surface area contributed by atoms with Gasteiger partial charge < -0.3 is 11.1 Å². The number of nitrogens with two attached hydrogens (primary N) is 1. The van der Waals surface area contributed by atoms with Crippen LogP contribution < -0.4 is 11.1 Å². The summed E-state index contributed by atoms with van der Waals surface area (Å²) in [4.78, 5) is 22.2. The molecule has 1 amide bonds. The average molecular weight is 354 g/mol. The number of hydrogen-bond donors (Lipinski definition) is 2. The highest BCUT2D eigenvalue weighted by Gasteiger charge is 2.21. The fourth-order valence-electron chi connectivity index (χ4n) is 1.69. The van der Waals surface area contributed by atoms with Gasteiger partial charge >= 0.3 is 0 Å². The zero-order valence-electron chi connectivity index (χ0n) is 10.5. The third kappa shape index (κ3) is 3.16. The van der Waals surface area contributed by atoms with Crippen molar-refractivity contribution in [2.45, 2.75) is 0 Å². The van der Waals surface area contributed by atoms with Crippen molar-refractivity contribution in [3.05, 3.63) is 62.4 Å². The van der Waals surface area contributed by atoms with Crippen molar-refractivity contribution in [1.82, 2.24) is 0 Å². The van der Waals surface area contributed by atoms with Crippen molar-refractivity contribution in [1.29, 1.82) is 0 Å². The number of nitrogens with zero attached hydrogens (tertiary/aromatic N) is 1. The lowest BCUT2D eigenvalue weighted by Crippen LogP contribution is -2.15. The van der Waals surface area contributed by atoms with Crippen LogP contribution in [0.25, 0.3) is 0 Å². The minimum absolute atomic E-state index is 0.146. The molecule has 8 heteroatoms. The Labute approximate surface area is 127 Å². The van der Waals surface area contributed by atoms with Crippen molar-refractivity contribution in [3.8, 4) is 0 Å². The van der Waals surface area contributed by atoms with Crippen LogP contribution >= 0.6 is 15.9 Å². The summed E-state index contributed by atoms with van der Waals surface area (Å²) < 4.78 is 14.1. The van der Waals surface area contributed by atoms with E-state index in [-0.39, 0.29) is 5.56 Å². The second kappa shape index (κ2) is 5.88. The highest BCUT2D eigenvalue weighted by Crippen LogP contribution is 2.28. The Morgan fingerprint density at radius 2 is 2.05 bits per heavy atom. The molecule has 0 atom stereocenters. The molecule has 0 saturated carbocycles. The minimum atomic E-state index is -0.891. The first-order chi connectivity index (χ1) is 9.90. The molecule has 0 aliphatic rings. The second-order valence-electron chi connectivity index (χ2n) is 4.08. The van der Waals surface area contributed by atoms with Gasteiger partial charge in [-0.25, -0.2) is 4.39 Å². The molecule has 0 spiro atoms. The van der Waals surface area contributed by atoms with Gasteiger partial charge in [-0.05, 0) is 40.2 Å². The Hall–Kier alpha value is -2.48. The van der Waals surface area contributed by atoms with E-state index in [2.05, 4.69) is 21.2 Å². The third-order valence-electron chi connectivity index (χ3n) is 2.66. The van der Waals surface area contributed by atoms with Gasteiger partial charge in [-0.15, -0.1) is 0 Å². The monoisotopic (exact) mass is 353 g/mol. The van der Waals surface area contributed by atoms with Crippen LogP contribution in [-0.2, 0) is 0 Å². The average Bonchev–Trinajstić information content (AvgIpc) is 2.43. The lowest BCUT2D eigenvalue weighted by atomic mass is 10.1. The number of hydrogen-bond acceptors (Lipinski definition) is 4. The van der Waals surface area contributed by atoms with E-state index in [9.17, 15) is 19.3 Å². The van der Waals surface area contributed by atoms with Gasteiger partial charge in [0.25, 0.3) is 11.6 Å². The van der Waals surface area contributed by atoms with Crippen LogP contribution in [0, 0.1) is 15.9 Å². The van der Waals surface area contributed by atoms with E-state index in [0.29, 0.717) is 10.2 Å². The Balaban J connectivity index is 2.41. The largest absolute Gasteiger partial charge is 0.399 e. The van der Waals surface area contributed by atoms with Crippen LogP contribution in [-0.4, -0.2) is 10.8 Å². The predicted molar refractivity (Wildman–Crippen MR) is 79.6 cm³/mol. The van der Waals surface area contributed by atoms with E-state index in [1.54, 1.807) is 12.1 Å². The number of rotatable bonds is 3. The van der Waals surface area contributed by atoms with Gasteiger partial charge in [0.1, 0.15) is 0 Å². The molecule has 0 radical (unpaired) electrons. The Morgan fingerprint density at radius 3 is 2.71 bits per heavy atom. The lowest BCUT2D eigenvalue weighted by Gasteiger charge is -2.09. The van der Waals surface area contributed by atoms with Crippen LogP contribution in [0.5, 0.6) is 0 Å². The minimum Gasteiger partial charge on any atom is -0.399 e. The van der Waals surface area contributed by atoms with E-state index in [1.165, 1.54) is 12.1 Å². The summed E-state index contributed by atoms with van der Waals surface area (Å²) in [5, 5.41) is 13.1. The molecule has 2 rings (SSSR count). The molecule has 0 aliphatic carbocycles. The van der Waals surface area contributed by atoms with E-state index in [1.807, 2.05) is 0 Å². The summed E-state index contributed by atoms with van der Waals surface area (Å²) in [5.41, 5.74) is 5.06. The van der Waals surface area contributed by atoms with Crippen LogP contribution in [0.2, 0.25) is 0 Å². The molecule has 6 nitrogen and oxygen atoms in total. The third-order valence-corrected chi connectivity index (χ3v) is 3.35. The molecule has 3 N–H and O–H groups in total. The molecule has 0 heterocycles. The maximum atomic E-state index is 13.7. The summed E-state index contributed by atoms with van der Waals surface area (Å²) in [7, 11) is 0. The molecular formula is C13H9BrFN3O3. The van der Waals surface area contributed by atoms with Crippen molar-refractivity contribution in [2.24, 2.45) is 0 Å². The number of amides is 1. The number of carbonyl (C=O) groups is 1. The van der Waals surface area contributed by atoms with Crippen molar-refractivity contribution in [3.63, 3.8) is 0 Å². The van der Waals surface area contributed by atoms with E-state index in [0.717, 1.165) is 12.1 Å². The Morgan fingerprint density at radius 1 is 1.33 bits per heavy atom. The molecular weight excluding hydrogens is 345 g/mol. The van der Waals surface area contributed by atoms with Gasteiger partial charge in [0.15, 0.2) is 11.5 Å². The van der Waals surface area contributed by atoms with Crippen LogP contribution in [0.3, 0.4) is 0 Å². The first kappa shape index (κ1) is 14.9. The number of nitro benzene ring substituents is 1. The number of nitrogen functional groups attached to an aromatic ring is 1. The van der Waals surface area contributed by atoms with Gasteiger partial charge in [-0.2, -0.15) is 0 Å². The van der Waals surface area contributed by atoms with Crippen LogP contribution in [0.15, 0.2) is 40.9 Å². The molecule has 0 bridgehead atoms. The normalized spacial score (nSPS) is 10.2. The maximum Gasteiger partial charge on any atom is 0.295 e. The molecule has 0 unspecified atom stereocenters. The molecule has 0 fully saturated rings. The number of benzene rings is 2. The summed E-state index contributed by atoms with van der Waals surface area (Å²) in [6.45, 7) is 0.